The number of nitrogens with zero attached hydrogens (tertiary/aromatic N) is 2. The van der Waals surface area contributed by atoms with Crippen LogP contribution in [0.1, 0.15) is 27.3 Å². The van der Waals surface area contributed by atoms with Gasteiger partial charge in [0.15, 0.2) is 11.5 Å². The van der Waals surface area contributed by atoms with E-state index in [0.717, 1.165) is 6.07 Å². The number of hydrogen-bond donors (Lipinski definition) is 1. The monoisotopic (exact) mass is 405 g/mol. The van der Waals surface area contributed by atoms with Crippen LogP contribution in [0.2, 0.25) is 0 Å². The van der Waals surface area contributed by atoms with E-state index in [4.69, 9.17) is 4.74 Å². The fourth-order valence-electron chi connectivity index (χ4n) is 2.76. The van der Waals surface area contributed by atoms with E-state index in [0.29, 0.717) is 22.5 Å². The molecule has 0 saturated carbocycles. The standard InChI is InChI=1S/C20H18F3N3O3/c1-10-11(2)26-18-14(7-13(21)8-15(18)25-10)19(27)24-9-12-4-5-16(29-20(22)23)17(6-12)28-3/h4-8,20H,9H2,1-3H3,(H,24,27). The molecule has 0 unspecified atom stereocenters. The zero-order valence-corrected chi connectivity index (χ0v) is 15.9. The highest BCUT2D eigenvalue weighted by Crippen LogP contribution is 2.29. The third-order valence-electron chi connectivity index (χ3n) is 4.29. The van der Waals surface area contributed by atoms with Gasteiger partial charge < -0.3 is 14.8 Å². The SMILES string of the molecule is COc1cc(CNC(=O)c2cc(F)cc3nc(C)c(C)nc23)ccc1OC(F)F. The van der Waals surface area contributed by atoms with Crippen molar-refractivity contribution in [3.8, 4) is 11.5 Å². The predicted molar refractivity (Wildman–Crippen MR) is 99.8 cm³/mol. The summed E-state index contributed by atoms with van der Waals surface area (Å²) in [4.78, 5) is 21.3. The van der Waals surface area contributed by atoms with Crippen molar-refractivity contribution in [1.29, 1.82) is 0 Å². The van der Waals surface area contributed by atoms with Crippen LogP contribution in [-0.2, 0) is 6.54 Å². The number of halogens is 3. The lowest BCUT2D eigenvalue weighted by molar-refractivity contribution is -0.0512. The number of benzene rings is 2. The number of carbonyl (C=O) groups excluding carboxylic acids is 1. The second-order valence-corrected chi connectivity index (χ2v) is 6.26. The van der Waals surface area contributed by atoms with Crippen molar-refractivity contribution in [3.63, 3.8) is 0 Å². The molecule has 29 heavy (non-hydrogen) atoms. The van der Waals surface area contributed by atoms with Gasteiger partial charge in [-0.2, -0.15) is 8.78 Å². The zero-order valence-electron chi connectivity index (χ0n) is 15.9. The van der Waals surface area contributed by atoms with E-state index in [-0.39, 0.29) is 29.1 Å². The Kier molecular flexibility index (Phi) is 5.86. The molecule has 3 aromatic rings. The van der Waals surface area contributed by atoms with Gasteiger partial charge in [-0.25, -0.2) is 14.4 Å². The fraction of sp³-hybridized carbons (Fsp3) is 0.250. The molecule has 1 aromatic heterocycles. The van der Waals surface area contributed by atoms with Gasteiger partial charge in [0, 0.05) is 12.6 Å². The molecule has 0 aliphatic rings. The predicted octanol–water partition coefficient (Wildman–Crippen LogP) is 3.93. The number of aryl methyl sites for hydroxylation is 2. The average molecular weight is 405 g/mol. The number of alkyl halides is 2. The summed E-state index contributed by atoms with van der Waals surface area (Å²) in [6, 6.07) is 6.62. The van der Waals surface area contributed by atoms with Crippen LogP contribution in [0, 0.1) is 19.7 Å². The Morgan fingerprint density at radius 2 is 1.83 bits per heavy atom. The topological polar surface area (TPSA) is 73.3 Å². The first-order chi connectivity index (χ1) is 13.8. The first-order valence-electron chi connectivity index (χ1n) is 8.63. The van der Waals surface area contributed by atoms with Gasteiger partial charge in [0.05, 0.1) is 29.6 Å². The second kappa shape index (κ2) is 8.34. The Morgan fingerprint density at radius 1 is 1.10 bits per heavy atom. The molecule has 0 spiro atoms. The van der Waals surface area contributed by atoms with Crippen LogP contribution in [-0.4, -0.2) is 29.6 Å². The Balaban J connectivity index is 1.83. The van der Waals surface area contributed by atoms with Crippen molar-refractivity contribution in [3.05, 3.63) is 58.7 Å². The van der Waals surface area contributed by atoms with Crippen molar-refractivity contribution in [2.75, 3.05) is 7.11 Å². The van der Waals surface area contributed by atoms with Crippen molar-refractivity contribution in [2.45, 2.75) is 27.0 Å². The van der Waals surface area contributed by atoms with E-state index in [2.05, 4.69) is 20.0 Å². The van der Waals surface area contributed by atoms with Gasteiger partial charge in [0.2, 0.25) is 0 Å². The highest BCUT2D eigenvalue weighted by Gasteiger charge is 2.16. The Bertz CT molecular complexity index is 1070. The van der Waals surface area contributed by atoms with Gasteiger partial charge in [-0.1, -0.05) is 6.07 Å². The summed E-state index contributed by atoms with van der Waals surface area (Å²) >= 11 is 0. The van der Waals surface area contributed by atoms with Crippen LogP contribution < -0.4 is 14.8 Å². The molecule has 0 fully saturated rings. The minimum Gasteiger partial charge on any atom is -0.493 e. The third-order valence-corrected chi connectivity index (χ3v) is 4.29. The maximum Gasteiger partial charge on any atom is 0.387 e. The van der Waals surface area contributed by atoms with Gasteiger partial charge in [-0.05, 0) is 37.6 Å². The molecule has 6 nitrogen and oxygen atoms in total. The van der Waals surface area contributed by atoms with E-state index in [9.17, 15) is 18.0 Å². The lowest BCUT2D eigenvalue weighted by Crippen LogP contribution is -2.23. The minimum absolute atomic E-state index is 0.0558. The van der Waals surface area contributed by atoms with Gasteiger partial charge in [0.25, 0.3) is 5.91 Å². The first kappa shape index (κ1) is 20.4. The third kappa shape index (κ3) is 4.56. The highest BCUT2D eigenvalue weighted by molar-refractivity contribution is 6.04. The van der Waals surface area contributed by atoms with E-state index >= 15 is 0 Å². The molecule has 0 radical (unpaired) electrons. The summed E-state index contributed by atoms with van der Waals surface area (Å²) in [6.07, 6.45) is 0. The Hall–Kier alpha value is -3.36. The number of carbonyl (C=O) groups is 1. The molecule has 1 amide bonds. The summed E-state index contributed by atoms with van der Waals surface area (Å²) in [6.45, 7) is 0.577. The number of methoxy groups -OCH3 is 1. The molecule has 0 atom stereocenters. The van der Waals surface area contributed by atoms with Gasteiger partial charge in [-0.3, -0.25) is 4.79 Å². The van der Waals surface area contributed by atoms with Crippen LogP contribution in [0.15, 0.2) is 30.3 Å². The molecule has 2 aromatic carbocycles. The number of fused-ring (bicyclic) bond motifs is 1. The van der Waals surface area contributed by atoms with Gasteiger partial charge >= 0.3 is 6.61 Å². The van der Waals surface area contributed by atoms with Crippen LogP contribution in [0.25, 0.3) is 11.0 Å². The molecule has 1 heterocycles. The lowest BCUT2D eigenvalue weighted by Gasteiger charge is -2.12. The first-order valence-corrected chi connectivity index (χ1v) is 8.63. The van der Waals surface area contributed by atoms with Crippen molar-refractivity contribution in [2.24, 2.45) is 0 Å². The molecule has 9 heteroatoms. The smallest absolute Gasteiger partial charge is 0.387 e. The molecule has 3 rings (SSSR count). The molecule has 0 aliphatic carbocycles. The fourth-order valence-corrected chi connectivity index (χ4v) is 2.76. The van der Waals surface area contributed by atoms with E-state index in [1.165, 1.54) is 31.4 Å². The lowest BCUT2D eigenvalue weighted by atomic mass is 10.1. The number of hydrogen-bond acceptors (Lipinski definition) is 5. The second-order valence-electron chi connectivity index (χ2n) is 6.26. The molecule has 0 saturated heterocycles. The average Bonchev–Trinajstić information content (AvgIpc) is 2.67. The highest BCUT2D eigenvalue weighted by atomic mass is 19.3. The van der Waals surface area contributed by atoms with Crippen LogP contribution >= 0.6 is 0 Å². The number of ether oxygens (including phenoxy) is 2. The quantitative estimate of drug-likeness (QED) is 0.673. The number of nitrogens with one attached hydrogen (secondary N) is 1. The largest absolute Gasteiger partial charge is 0.493 e. The maximum atomic E-state index is 14.0. The number of amides is 1. The summed E-state index contributed by atoms with van der Waals surface area (Å²) < 4.78 is 48.2. The summed E-state index contributed by atoms with van der Waals surface area (Å²) in [7, 11) is 1.32. The van der Waals surface area contributed by atoms with Crippen LogP contribution in [0.5, 0.6) is 11.5 Å². The Morgan fingerprint density at radius 3 is 2.52 bits per heavy atom. The maximum absolute atomic E-state index is 14.0. The summed E-state index contributed by atoms with van der Waals surface area (Å²) in [5.74, 6) is -1.16. The van der Waals surface area contributed by atoms with Crippen molar-refractivity contribution < 1.29 is 27.4 Å². The van der Waals surface area contributed by atoms with Crippen LogP contribution in [0.3, 0.4) is 0 Å². The molecule has 0 aliphatic heterocycles. The Labute approximate surface area is 164 Å². The summed E-state index contributed by atoms with van der Waals surface area (Å²) in [5, 5.41) is 2.66. The molecule has 0 bridgehead atoms. The van der Waals surface area contributed by atoms with E-state index in [1.54, 1.807) is 13.8 Å². The van der Waals surface area contributed by atoms with Crippen molar-refractivity contribution >= 4 is 16.9 Å². The van der Waals surface area contributed by atoms with Crippen LogP contribution in [0.4, 0.5) is 13.2 Å². The molecule has 152 valence electrons. The number of rotatable bonds is 6. The van der Waals surface area contributed by atoms with E-state index in [1.807, 2.05) is 0 Å². The molecular formula is C20H18F3N3O3. The van der Waals surface area contributed by atoms with Gasteiger partial charge in [-0.15, -0.1) is 0 Å². The summed E-state index contributed by atoms with van der Waals surface area (Å²) in [5.41, 5.74) is 2.50. The normalized spacial score (nSPS) is 11.0. The minimum atomic E-state index is -2.98. The van der Waals surface area contributed by atoms with Crippen molar-refractivity contribution in [1.82, 2.24) is 15.3 Å². The zero-order chi connectivity index (χ0) is 21.1. The number of aromatic nitrogens is 2. The molecule has 1 N–H and O–H groups in total. The molecular weight excluding hydrogens is 387 g/mol. The van der Waals surface area contributed by atoms with Gasteiger partial charge in [0.1, 0.15) is 11.3 Å². The van der Waals surface area contributed by atoms with E-state index < -0.39 is 18.3 Å².